The SMILES string of the molecule is CNC(CN(C)C1CC1)C1CCOC1. The molecule has 2 aliphatic rings. The summed E-state index contributed by atoms with van der Waals surface area (Å²) in [6.07, 6.45) is 4.02. The van der Waals surface area contributed by atoms with Gasteiger partial charge in [0.2, 0.25) is 0 Å². The van der Waals surface area contributed by atoms with Gasteiger partial charge in [-0.05, 0) is 33.4 Å². The summed E-state index contributed by atoms with van der Waals surface area (Å²) >= 11 is 0. The molecular formula is C11H22N2O. The summed E-state index contributed by atoms with van der Waals surface area (Å²) in [5, 5.41) is 3.44. The molecule has 2 atom stereocenters. The molecule has 0 amide bonds. The normalized spacial score (nSPS) is 29.8. The molecule has 2 rings (SSSR count). The van der Waals surface area contributed by atoms with Crippen LogP contribution < -0.4 is 5.32 Å². The summed E-state index contributed by atoms with van der Waals surface area (Å²) in [6.45, 7) is 3.08. The zero-order valence-electron chi connectivity index (χ0n) is 9.33. The average Bonchev–Trinajstić information content (AvgIpc) is 2.91. The summed E-state index contributed by atoms with van der Waals surface area (Å²) in [4.78, 5) is 2.50. The van der Waals surface area contributed by atoms with Crippen LogP contribution >= 0.6 is 0 Å². The average molecular weight is 198 g/mol. The predicted molar refractivity (Wildman–Crippen MR) is 57.4 cm³/mol. The van der Waals surface area contributed by atoms with Crippen molar-refractivity contribution in [1.29, 1.82) is 0 Å². The van der Waals surface area contributed by atoms with Gasteiger partial charge in [-0.3, -0.25) is 0 Å². The molecule has 1 N–H and O–H groups in total. The lowest BCUT2D eigenvalue weighted by molar-refractivity contribution is 0.167. The van der Waals surface area contributed by atoms with Crippen molar-refractivity contribution < 1.29 is 4.74 Å². The molecule has 2 fully saturated rings. The van der Waals surface area contributed by atoms with Crippen LogP contribution in [0.1, 0.15) is 19.3 Å². The van der Waals surface area contributed by atoms with Crippen molar-refractivity contribution in [3.8, 4) is 0 Å². The minimum atomic E-state index is 0.614. The minimum absolute atomic E-state index is 0.614. The van der Waals surface area contributed by atoms with Gasteiger partial charge < -0.3 is 15.0 Å². The fourth-order valence-corrected chi connectivity index (χ4v) is 2.32. The molecular weight excluding hydrogens is 176 g/mol. The maximum absolute atomic E-state index is 5.44. The first kappa shape index (κ1) is 10.4. The van der Waals surface area contributed by atoms with Gasteiger partial charge in [0.05, 0.1) is 6.61 Å². The van der Waals surface area contributed by atoms with E-state index in [2.05, 4.69) is 24.3 Å². The van der Waals surface area contributed by atoms with E-state index < -0.39 is 0 Å². The van der Waals surface area contributed by atoms with Gasteiger partial charge in [-0.25, -0.2) is 0 Å². The van der Waals surface area contributed by atoms with Gasteiger partial charge in [0, 0.05) is 31.2 Å². The van der Waals surface area contributed by atoms with E-state index >= 15 is 0 Å². The molecule has 3 heteroatoms. The second-order valence-electron chi connectivity index (χ2n) is 4.69. The Hall–Kier alpha value is -0.120. The van der Waals surface area contributed by atoms with Crippen molar-refractivity contribution in [3.05, 3.63) is 0 Å². The van der Waals surface area contributed by atoms with Crippen molar-refractivity contribution in [3.63, 3.8) is 0 Å². The Morgan fingerprint density at radius 1 is 1.43 bits per heavy atom. The highest BCUT2D eigenvalue weighted by atomic mass is 16.5. The fourth-order valence-electron chi connectivity index (χ4n) is 2.32. The Labute approximate surface area is 86.8 Å². The maximum atomic E-state index is 5.44. The molecule has 0 aromatic carbocycles. The van der Waals surface area contributed by atoms with E-state index in [-0.39, 0.29) is 0 Å². The quantitative estimate of drug-likeness (QED) is 0.704. The van der Waals surface area contributed by atoms with Gasteiger partial charge >= 0.3 is 0 Å². The van der Waals surface area contributed by atoms with Crippen LogP contribution in [0.3, 0.4) is 0 Å². The van der Waals surface area contributed by atoms with Crippen LogP contribution in [-0.4, -0.2) is 50.8 Å². The third-order valence-electron chi connectivity index (χ3n) is 3.56. The number of likely N-dealkylation sites (N-methyl/N-ethyl adjacent to an activating group) is 2. The second kappa shape index (κ2) is 4.60. The minimum Gasteiger partial charge on any atom is -0.381 e. The zero-order valence-corrected chi connectivity index (χ0v) is 9.33. The Morgan fingerprint density at radius 3 is 2.71 bits per heavy atom. The van der Waals surface area contributed by atoms with Gasteiger partial charge in [0.15, 0.2) is 0 Å². The first-order valence-corrected chi connectivity index (χ1v) is 5.76. The monoisotopic (exact) mass is 198 g/mol. The van der Waals surface area contributed by atoms with Crippen molar-refractivity contribution in [2.45, 2.75) is 31.3 Å². The summed E-state index contributed by atoms with van der Waals surface area (Å²) in [6, 6.07) is 1.48. The molecule has 1 heterocycles. The summed E-state index contributed by atoms with van der Waals surface area (Å²) in [5.41, 5.74) is 0. The highest BCUT2D eigenvalue weighted by Gasteiger charge is 2.31. The van der Waals surface area contributed by atoms with Crippen molar-refractivity contribution in [2.75, 3.05) is 33.9 Å². The summed E-state index contributed by atoms with van der Waals surface area (Å²) in [5.74, 6) is 0.723. The van der Waals surface area contributed by atoms with Crippen LogP contribution in [0.5, 0.6) is 0 Å². The molecule has 0 spiro atoms. The van der Waals surface area contributed by atoms with Crippen LogP contribution in [0.4, 0.5) is 0 Å². The third-order valence-corrected chi connectivity index (χ3v) is 3.56. The molecule has 0 bridgehead atoms. The molecule has 14 heavy (non-hydrogen) atoms. The molecule has 1 saturated carbocycles. The van der Waals surface area contributed by atoms with Crippen molar-refractivity contribution >= 4 is 0 Å². The molecule has 1 aliphatic heterocycles. The van der Waals surface area contributed by atoms with Gasteiger partial charge in [-0.15, -0.1) is 0 Å². The highest BCUT2D eigenvalue weighted by Crippen LogP contribution is 2.26. The van der Waals surface area contributed by atoms with E-state index in [0.717, 1.165) is 25.2 Å². The summed E-state index contributed by atoms with van der Waals surface area (Å²) in [7, 11) is 4.32. The standard InChI is InChI=1S/C11H22N2O/c1-12-11(9-5-6-14-8-9)7-13(2)10-3-4-10/h9-12H,3-8H2,1-2H3. The van der Waals surface area contributed by atoms with Crippen LogP contribution in [0.25, 0.3) is 0 Å². The highest BCUT2D eigenvalue weighted by molar-refractivity contribution is 4.87. The van der Waals surface area contributed by atoms with Gasteiger partial charge in [-0.1, -0.05) is 0 Å². The third kappa shape index (κ3) is 2.47. The van der Waals surface area contributed by atoms with Crippen LogP contribution in [0, 0.1) is 5.92 Å². The van der Waals surface area contributed by atoms with E-state index in [1.54, 1.807) is 0 Å². The first-order valence-electron chi connectivity index (χ1n) is 5.76. The van der Waals surface area contributed by atoms with E-state index in [9.17, 15) is 0 Å². The number of rotatable bonds is 5. The van der Waals surface area contributed by atoms with Crippen LogP contribution in [0.2, 0.25) is 0 Å². The lowest BCUT2D eigenvalue weighted by Crippen LogP contribution is -2.43. The molecule has 0 aromatic rings. The van der Waals surface area contributed by atoms with Gasteiger partial charge in [-0.2, -0.15) is 0 Å². The van der Waals surface area contributed by atoms with E-state index in [4.69, 9.17) is 4.74 Å². The molecule has 1 aliphatic carbocycles. The Kier molecular flexibility index (Phi) is 3.42. The molecule has 2 unspecified atom stereocenters. The molecule has 3 nitrogen and oxygen atoms in total. The number of hydrogen-bond donors (Lipinski definition) is 1. The Morgan fingerprint density at radius 2 is 2.21 bits per heavy atom. The molecule has 82 valence electrons. The van der Waals surface area contributed by atoms with Gasteiger partial charge in [0.25, 0.3) is 0 Å². The van der Waals surface area contributed by atoms with Crippen LogP contribution in [0.15, 0.2) is 0 Å². The lowest BCUT2D eigenvalue weighted by Gasteiger charge is -2.27. The van der Waals surface area contributed by atoms with Crippen molar-refractivity contribution in [1.82, 2.24) is 10.2 Å². The zero-order chi connectivity index (χ0) is 9.97. The maximum Gasteiger partial charge on any atom is 0.0510 e. The number of nitrogens with one attached hydrogen (secondary N) is 1. The van der Waals surface area contributed by atoms with Crippen molar-refractivity contribution in [2.24, 2.45) is 5.92 Å². The predicted octanol–water partition coefficient (Wildman–Crippen LogP) is 0.705. The Bertz CT molecular complexity index is 176. The topological polar surface area (TPSA) is 24.5 Å². The van der Waals surface area contributed by atoms with Gasteiger partial charge in [0.1, 0.15) is 0 Å². The Balaban J connectivity index is 1.78. The van der Waals surface area contributed by atoms with E-state index in [1.165, 1.54) is 25.8 Å². The second-order valence-corrected chi connectivity index (χ2v) is 4.69. The van der Waals surface area contributed by atoms with E-state index in [1.807, 2.05) is 0 Å². The molecule has 1 saturated heterocycles. The molecule has 0 radical (unpaired) electrons. The van der Waals surface area contributed by atoms with E-state index in [0.29, 0.717) is 6.04 Å². The number of ether oxygens (including phenoxy) is 1. The summed E-state index contributed by atoms with van der Waals surface area (Å²) < 4.78 is 5.44. The lowest BCUT2D eigenvalue weighted by atomic mass is 9.99. The number of hydrogen-bond acceptors (Lipinski definition) is 3. The smallest absolute Gasteiger partial charge is 0.0510 e. The number of nitrogens with zero attached hydrogens (tertiary/aromatic N) is 1. The van der Waals surface area contributed by atoms with Crippen LogP contribution in [-0.2, 0) is 4.74 Å². The first-order chi connectivity index (χ1) is 6.81. The molecule has 0 aromatic heterocycles. The largest absolute Gasteiger partial charge is 0.381 e. The fraction of sp³-hybridized carbons (Fsp3) is 1.00.